The molecule has 1 saturated heterocycles. The Balaban J connectivity index is 1.58. The fourth-order valence-corrected chi connectivity index (χ4v) is 2.78. The minimum atomic E-state index is -0.295. The molecule has 0 aliphatic carbocycles. The molecule has 0 bridgehead atoms. The first-order chi connectivity index (χ1) is 11.2. The van der Waals surface area contributed by atoms with Crippen LogP contribution in [0.4, 0.5) is 4.39 Å². The topological polar surface area (TPSA) is 71.3 Å². The van der Waals surface area contributed by atoms with E-state index in [0.717, 1.165) is 31.5 Å². The van der Waals surface area contributed by atoms with Crippen molar-refractivity contribution in [2.24, 2.45) is 5.92 Å². The predicted molar refractivity (Wildman–Crippen MR) is 81.8 cm³/mol. The van der Waals surface area contributed by atoms with Crippen LogP contribution in [0.2, 0.25) is 0 Å². The third-order valence-corrected chi connectivity index (χ3v) is 4.13. The summed E-state index contributed by atoms with van der Waals surface area (Å²) in [5.74, 6) is 0.897. The van der Waals surface area contributed by atoms with E-state index >= 15 is 0 Å². The van der Waals surface area contributed by atoms with Gasteiger partial charge in [0.2, 0.25) is 17.6 Å². The van der Waals surface area contributed by atoms with Gasteiger partial charge in [0.15, 0.2) is 0 Å². The zero-order valence-corrected chi connectivity index (χ0v) is 13.0. The third-order valence-electron chi connectivity index (χ3n) is 4.13. The van der Waals surface area contributed by atoms with Crippen molar-refractivity contribution >= 4 is 5.91 Å². The maximum atomic E-state index is 12.9. The first kappa shape index (κ1) is 15.6. The van der Waals surface area contributed by atoms with E-state index in [4.69, 9.17) is 4.52 Å². The number of carbonyl (C=O) groups excluding carboxylic acids is 1. The summed E-state index contributed by atoms with van der Waals surface area (Å²) in [5, 5.41) is 6.64. The van der Waals surface area contributed by atoms with Gasteiger partial charge in [0.05, 0.1) is 6.54 Å². The Bertz CT molecular complexity index is 663. The molecule has 3 rings (SSSR count). The van der Waals surface area contributed by atoms with Gasteiger partial charge in [-0.1, -0.05) is 5.16 Å². The van der Waals surface area contributed by atoms with Crippen LogP contribution in [0, 0.1) is 11.7 Å². The molecule has 1 aliphatic rings. The number of amides is 1. The van der Waals surface area contributed by atoms with Crippen LogP contribution in [-0.2, 0) is 11.3 Å². The summed E-state index contributed by atoms with van der Waals surface area (Å²) in [6.45, 7) is 2.22. The van der Waals surface area contributed by atoms with E-state index in [2.05, 4.69) is 20.4 Å². The van der Waals surface area contributed by atoms with Gasteiger partial charge in [-0.15, -0.1) is 0 Å². The van der Waals surface area contributed by atoms with Crippen LogP contribution >= 0.6 is 0 Å². The Morgan fingerprint density at radius 2 is 2.04 bits per heavy atom. The molecule has 1 aromatic heterocycles. The molecule has 23 heavy (non-hydrogen) atoms. The summed E-state index contributed by atoms with van der Waals surface area (Å²) in [6, 6.07) is 5.99. The molecule has 0 spiro atoms. The zero-order chi connectivity index (χ0) is 16.2. The molecule has 2 aromatic rings. The minimum Gasteiger partial charge on any atom is -0.359 e. The third kappa shape index (κ3) is 3.73. The summed E-state index contributed by atoms with van der Waals surface area (Å²) < 4.78 is 18.2. The van der Waals surface area contributed by atoms with Gasteiger partial charge in [-0.2, -0.15) is 4.98 Å². The quantitative estimate of drug-likeness (QED) is 0.931. The number of aromatic nitrogens is 2. The average molecular weight is 318 g/mol. The number of nitrogens with zero attached hydrogens (tertiary/aromatic N) is 3. The largest absolute Gasteiger partial charge is 0.359 e. The van der Waals surface area contributed by atoms with E-state index < -0.39 is 0 Å². The highest BCUT2D eigenvalue weighted by atomic mass is 19.1. The molecule has 1 fully saturated rings. The van der Waals surface area contributed by atoms with Crippen molar-refractivity contribution < 1.29 is 13.7 Å². The summed E-state index contributed by atoms with van der Waals surface area (Å²) in [6.07, 6.45) is 1.66. The Hall–Kier alpha value is -2.28. The van der Waals surface area contributed by atoms with Crippen molar-refractivity contribution in [1.29, 1.82) is 0 Å². The molecule has 0 atom stereocenters. The molecule has 1 aromatic carbocycles. The number of rotatable bonds is 4. The molecular weight excluding hydrogens is 299 g/mol. The van der Waals surface area contributed by atoms with Gasteiger partial charge in [0.1, 0.15) is 5.82 Å². The lowest BCUT2D eigenvalue weighted by molar-refractivity contribution is -0.125. The number of nitrogens with one attached hydrogen (secondary N) is 1. The van der Waals surface area contributed by atoms with Crippen LogP contribution in [0.5, 0.6) is 0 Å². The number of benzene rings is 1. The maximum Gasteiger partial charge on any atom is 0.241 e. The van der Waals surface area contributed by atoms with Crippen LogP contribution in [0.3, 0.4) is 0 Å². The first-order valence-electron chi connectivity index (χ1n) is 7.68. The lowest BCUT2D eigenvalue weighted by Gasteiger charge is -2.29. The molecule has 2 heterocycles. The van der Waals surface area contributed by atoms with Crippen molar-refractivity contribution in [2.75, 3.05) is 20.1 Å². The van der Waals surface area contributed by atoms with Crippen molar-refractivity contribution in [1.82, 2.24) is 20.4 Å². The molecular formula is C16H19FN4O2. The van der Waals surface area contributed by atoms with Gasteiger partial charge in [0, 0.05) is 18.5 Å². The Morgan fingerprint density at radius 1 is 1.35 bits per heavy atom. The summed E-state index contributed by atoms with van der Waals surface area (Å²) in [7, 11) is 1.67. The fraction of sp³-hybridized carbons (Fsp3) is 0.438. The van der Waals surface area contributed by atoms with Gasteiger partial charge in [0.25, 0.3) is 0 Å². The summed E-state index contributed by atoms with van der Waals surface area (Å²) in [4.78, 5) is 18.2. The number of piperidine rings is 1. The second kappa shape index (κ2) is 6.87. The van der Waals surface area contributed by atoms with E-state index in [1.807, 2.05) is 0 Å². The number of hydrogen-bond donors (Lipinski definition) is 1. The van der Waals surface area contributed by atoms with Gasteiger partial charge < -0.3 is 9.84 Å². The number of hydrogen-bond acceptors (Lipinski definition) is 5. The van der Waals surface area contributed by atoms with Gasteiger partial charge in [-0.3, -0.25) is 9.69 Å². The Kier molecular flexibility index (Phi) is 4.66. The number of carbonyl (C=O) groups is 1. The van der Waals surface area contributed by atoms with Crippen LogP contribution in [0.25, 0.3) is 11.4 Å². The first-order valence-corrected chi connectivity index (χ1v) is 7.68. The molecule has 122 valence electrons. The van der Waals surface area contributed by atoms with Gasteiger partial charge >= 0.3 is 0 Å². The minimum absolute atomic E-state index is 0.0914. The van der Waals surface area contributed by atoms with E-state index in [1.54, 1.807) is 19.2 Å². The molecule has 0 saturated carbocycles. The highest BCUT2D eigenvalue weighted by molar-refractivity contribution is 5.78. The standard InChI is InChI=1S/C16H19FN4O2/c1-18-16(22)12-6-8-21(9-7-12)10-14-19-15(20-23-14)11-2-4-13(17)5-3-11/h2-5,12H,6-10H2,1H3,(H,18,22). The Labute approximate surface area is 133 Å². The molecule has 6 nitrogen and oxygen atoms in total. The van der Waals surface area contributed by atoms with Crippen molar-refractivity contribution in [3.63, 3.8) is 0 Å². The van der Waals surface area contributed by atoms with E-state index in [9.17, 15) is 9.18 Å². The predicted octanol–water partition coefficient (Wildman–Crippen LogP) is 1.83. The van der Waals surface area contributed by atoms with Crippen LogP contribution < -0.4 is 5.32 Å². The molecule has 0 unspecified atom stereocenters. The average Bonchev–Trinajstić information content (AvgIpc) is 3.04. The lowest BCUT2D eigenvalue weighted by atomic mass is 9.96. The maximum absolute atomic E-state index is 12.9. The highest BCUT2D eigenvalue weighted by Crippen LogP contribution is 2.20. The fourth-order valence-electron chi connectivity index (χ4n) is 2.78. The second-order valence-electron chi connectivity index (χ2n) is 5.68. The SMILES string of the molecule is CNC(=O)C1CCN(Cc2nc(-c3ccc(F)cc3)no2)CC1. The molecule has 1 N–H and O–H groups in total. The van der Waals surface area contributed by atoms with Crippen molar-refractivity contribution in [3.05, 3.63) is 36.0 Å². The molecule has 1 amide bonds. The Morgan fingerprint density at radius 3 is 2.70 bits per heavy atom. The molecule has 7 heteroatoms. The van der Waals surface area contributed by atoms with Crippen LogP contribution in [-0.4, -0.2) is 41.1 Å². The number of likely N-dealkylation sites (tertiary alicyclic amines) is 1. The monoisotopic (exact) mass is 318 g/mol. The smallest absolute Gasteiger partial charge is 0.241 e. The highest BCUT2D eigenvalue weighted by Gasteiger charge is 2.25. The van der Waals surface area contributed by atoms with Gasteiger partial charge in [-0.25, -0.2) is 4.39 Å². The summed E-state index contributed by atoms with van der Waals surface area (Å²) in [5.41, 5.74) is 0.722. The van der Waals surface area contributed by atoms with Gasteiger partial charge in [-0.05, 0) is 50.2 Å². The van der Waals surface area contributed by atoms with Crippen molar-refractivity contribution in [3.8, 4) is 11.4 Å². The summed E-state index contributed by atoms with van der Waals surface area (Å²) >= 11 is 0. The van der Waals surface area contributed by atoms with E-state index in [0.29, 0.717) is 18.3 Å². The van der Waals surface area contributed by atoms with E-state index in [-0.39, 0.29) is 17.6 Å². The van der Waals surface area contributed by atoms with Crippen molar-refractivity contribution in [2.45, 2.75) is 19.4 Å². The lowest BCUT2D eigenvalue weighted by Crippen LogP contribution is -2.39. The van der Waals surface area contributed by atoms with E-state index in [1.165, 1.54) is 12.1 Å². The second-order valence-corrected chi connectivity index (χ2v) is 5.68. The number of halogens is 1. The zero-order valence-electron chi connectivity index (χ0n) is 13.0. The van der Waals surface area contributed by atoms with Crippen LogP contribution in [0.15, 0.2) is 28.8 Å². The van der Waals surface area contributed by atoms with Crippen LogP contribution in [0.1, 0.15) is 18.7 Å². The molecule has 1 aliphatic heterocycles. The normalized spacial score (nSPS) is 16.4. The molecule has 0 radical (unpaired) electrons.